The summed E-state index contributed by atoms with van der Waals surface area (Å²) in [5.41, 5.74) is 8.72. The van der Waals surface area contributed by atoms with Gasteiger partial charge in [-0.25, -0.2) is 0 Å². The zero-order valence-corrected chi connectivity index (χ0v) is 13.4. The molecule has 17 heavy (non-hydrogen) atoms. The largest absolute Gasteiger partial charge is 0.324 e. The van der Waals surface area contributed by atoms with Gasteiger partial charge < -0.3 is 5.73 Å². The van der Waals surface area contributed by atoms with Gasteiger partial charge in [-0.05, 0) is 52.2 Å². The summed E-state index contributed by atoms with van der Waals surface area (Å²) in [6.07, 6.45) is 0.883. The van der Waals surface area contributed by atoms with Gasteiger partial charge in [0.1, 0.15) is 0 Å². The molecular formula is C13H13Br2NS. The molecular weight excluding hydrogens is 362 g/mol. The minimum Gasteiger partial charge on any atom is -0.324 e. The van der Waals surface area contributed by atoms with Crippen LogP contribution in [0.5, 0.6) is 0 Å². The van der Waals surface area contributed by atoms with E-state index < -0.39 is 0 Å². The summed E-state index contributed by atoms with van der Waals surface area (Å²) in [4.78, 5) is 1.31. The quantitative estimate of drug-likeness (QED) is 0.818. The number of thiophene rings is 1. The second kappa shape index (κ2) is 5.65. The molecule has 2 N–H and O–H groups in total. The Balaban J connectivity index is 2.20. The first kappa shape index (κ1) is 13.3. The monoisotopic (exact) mass is 373 g/mol. The molecule has 0 saturated carbocycles. The molecule has 1 atom stereocenters. The van der Waals surface area contributed by atoms with Crippen LogP contribution in [0.25, 0.3) is 0 Å². The third-order valence-corrected chi connectivity index (χ3v) is 5.26. The lowest BCUT2D eigenvalue weighted by atomic mass is 9.99. The molecule has 1 heterocycles. The van der Waals surface area contributed by atoms with E-state index in [1.165, 1.54) is 16.0 Å². The molecule has 0 aliphatic carbocycles. The maximum absolute atomic E-state index is 6.28. The van der Waals surface area contributed by atoms with Gasteiger partial charge in [0.25, 0.3) is 0 Å². The van der Waals surface area contributed by atoms with Crippen LogP contribution < -0.4 is 5.73 Å². The highest BCUT2D eigenvalue weighted by Crippen LogP contribution is 2.29. The number of rotatable bonds is 3. The van der Waals surface area contributed by atoms with Gasteiger partial charge in [0.05, 0.1) is 3.79 Å². The molecule has 4 heteroatoms. The predicted molar refractivity (Wildman–Crippen MR) is 81.5 cm³/mol. The van der Waals surface area contributed by atoms with Crippen LogP contribution in [-0.4, -0.2) is 0 Å². The molecule has 0 aliphatic heterocycles. The fraction of sp³-hybridized carbons (Fsp3) is 0.231. The van der Waals surface area contributed by atoms with Crippen molar-refractivity contribution in [2.45, 2.75) is 19.4 Å². The molecule has 0 spiro atoms. The van der Waals surface area contributed by atoms with Crippen LogP contribution in [0.4, 0.5) is 0 Å². The predicted octanol–water partition coefficient (Wildman–Crippen LogP) is 4.82. The number of nitrogens with two attached hydrogens (primary N) is 1. The summed E-state index contributed by atoms with van der Waals surface area (Å²) in [7, 11) is 0. The number of hydrogen-bond donors (Lipinski definition) is 1. The normalized spacial score (nSPS) is 12.7. The topological polar surface area (TPSA) is 26.0 Å². The SMILES string of the molecule is Cc1c(Br)cccc1C(N)Cc1ccc(Br)s1. The van der Waals surface area contributed by atoms with Gasteiger partial charge in [0.2, 0.25) is 0 Å². The Kier molecular flexibility index (Phi) is 4.42. The molecule has 0 saturated heterocycles. The van der Waals surface area contributed by atoms with Crippen LogP contribution in [0, 0.1) is 6.92 Å². The van der Waals surface area contributed by atoms with Crippen molar-refractivity contribution in [1.82, 2.24) is 0 Å². The van der Waals surface area contributed by atoms with E-state index in [2.05, 4.69) is 57.0 Å². The van der Waals surface area contributed by atoms with E-state index in [-0.39, 0.29) is 6.04 Å². The van der Waals surface area contributed by atoms with Crippen molar-refractivity contribution in [2.24, 2.45) is 5.73 Å². The molecule has 2 rings (SSSR count). The Morgan fingerprint density at radius 1 is 1.24 bits per heavy atom. The van der Waals surface area contributed by atoms with Gasteiger partial charge in [-0.15, -0.1) is 11.3 Å². The van der Waals surface area contributed by atoms with E-state index in [4.69, 9.17) is 5.73 Å². The lowest BCUT2D eigenvalue weighted by Crippen LogP contribution is -2.14. The number of benzene rings is 1. The van der Waals surface area contributed by atoms with Gasteiger partial charge in [0, 0.05) is 21.8 Å². The summed E-state index contributed by atoms with van der Waals surface area (Å²) in [5, 5.41) is 0. The van der Waals surface area contributed by atoms with Crippen LogP contribution in [0.15, 0.2) is 38.6 Å². The highest BCUT2D eigenvalue weighted by molar-refractivity contribution is 9.11. The Hall–Kier alpha value is -0.160. The number of halogens is 2. The molecule has 1 aromatic heterocycles. The van der Waals surface area contributed by atoms with Gasteiger partial charge in [0.15, 0.2) is 0 Å². The zero-order valence-electron chi connectivity index (χ0n) is 9.41. The van der Waals surface area contributed by atoms with Crippen molar-refractivity contribution in [2.75, 3.05) is 0 Å². The molecule has 0 aliphatic rings. The average molecular weight is 375 g/mol. The van der Waals surface area contributed by atoms with Crippen LogP contribution >= 0.6 is 43.2 Å². The minimum atomic E-state index is 0.0537. The standard InChI is InChI=1S/C13H13Br2NS/c1-8-10(3-2-4-11(8)14)12(16)7-9-5-6-13(15)17-9/h2-6,12H,7,16H2,1H3. The van der Waals surface area contributed by atoms with Crippen LogP contribution in [0.1, 0.15) is 22.0 Å². The fourth-order valence-electron chi connectivity index (χ4n) is 1.81. The molecule has 0 amide bonds. The molecule has 1 aromatic carbocycles. The maximum Gasteiger partial charge on any atom is 0.0701 e. The van der Waals surface area contributed by atoms with Crippen LogP contribution in [-0.2, 0) is 6.42 Å². The van der Waals surface area contributed by atoms with Crippen molar-refractivity contribution in [3.8, 4) is 0 Å². The van der Waals surface area contributed by atoms with Gasteiger partial charge in [-0.1, -0.05) is 28.1 Å². The first-order valence-corrected chi connectivity index (χ1v) is 7.73. The Morgan fingerprint density at radius 2 is 2.00 bits per heavy atom. The van der Waals surface area contributed by atoms with Crippen LogP contribution in [0.2, 0.25) is 0 Å². The smallest absolute Gasteiger partial charge is 0.0701 e. The van der Waals surface area contributed by atoms with Gasteiger partial charge >= 0.3 is 0 Å². The molecule has 1 unspecified atom stereocenters. The first-order valence-electron chi connectivity index (χ1n) is 5.32. The Labute approximate surface area is 122 Å². The fourth-order valence-corrected chi connectivity index (χ4v) is 3.74. The Morgan fingerprint density at radius 3 is 2.65 bits per heavy atom. The summed E-state index contributed by atoms with van der Waals surface area (Å²) in [5.74, 6) is 0. The van der Waals surface area contributed by atoms with E-state index in [9.17, 15) is 0 Å². The Bertz CT molecular complexity index is 522. The highest BCUT2D eigenvalue weighted by Gasteiger charge is 2.12. The summed E-state index contributed by atoms with van der Waals surface area (Å²) in [6.45, 7) is 2.10. The van der Waals surface area contributed by atoms with Crippen molar-refractivity contribution in [3.05, 3.63) is 54.6 Å². The molecule has 0 bridgehead atoms. The second-order valence-corrected chi connectivity index (χ2v) is 7.37. The second-order valence-electron chi connectivity index (χ2n) is 3.97. The van der Waals surface area contributed by atoms with Crippen LogP contribution in [0.3, 0.4) is 0 Å². The molecule has 2 aromatic rings. The average Bonchev–Trinajstić information content (AvgIpc) is 2.68. The number of hydrogen-bond acceptors (Lipinski definition) is 2. The lowest BCUT2D eigenvalue weighted by Gasteiger charge is -2.14. The van der Waals surface area contributed by atoms with Crippen molar-refractivity contribution in [3.63, 3.8) is 0 Å². The lowest BCUT2D eigenvalue weighted by molar-refractivity contribution is 0.724. The first-order chi connectivity index (χ1) is 8.08. The van der Waals surface area contributed by atoms with Gasteiger partial charge in [-0.3, -0.25) is 0 Å². The van der Waals surface area contributed by atoms with E-state index >= 15 is 0 Å². The third-order valence-electron chi connectivity index (χ3n) is 2.76. The van der Waals surface area contributed by atoms with Crippen molar-refractivity contribution < 1.29 is 0 Å². The van der Waals surface area contributed by atoms with E-state index in [0.717, 1.165) is 14.7 Å². The highest BCUT2D eigenvalue weighted by atomic mass is 79.9. The van der Waals surface area contributed by atoms with E-state index in [1.54, 1.807) is 11.3 Å². The van der Waals surface area contributed by atoms with E-state index in [0.29, 0.717) is 0 Å². The van der Waals surface area contributed by atoms with E-state index in [1.807, 2.05) is 12.1 Å². The molecule has 90 valence electrons. The summed E-state index contributed by atoms with van der Waals surface area (Å²) >= 11 is 8.76. The summed E-state index contributed by atoms with van der Waals surface area (Å²) < 4.78 is 2.28. The minimum absolute atomic E-state index is 0.0537. The zero-order chi connectivity index (χ0) is 12.4. The molecule has 1 nitrogen and oxygen atoms in total. The molecule has 0 radical (unpaired) electrons. The van der Waals surface area contributed by atoms with Crippen molar-refractivity contribution >= 4 is 43.2 Å². The maximum atomic E-state index is 6.28. The molecule has 0 fully saturated rings. The van der Waals surface area contributed by atoms with Gasteiger partial charge in [-0.2, -0.15) is 0 Å². The van der Waals surface area contributed by atoms with Crippen molar-refractivity contribution in [1.29, 1.82) is 0 Å². The third kappa shape index (κ3) is 3.19. The summed E-state index contributed by atoms with van der Waals surface area (Å²) in [6, 6.07) is 10.4.